The molecule has 0 bridgehead atoms. The first kappa shape index (κ1) is 18.2. The Morgan fingerprint density at radius 2 is 1.91 bits per heavy atom. The number of halogens is 1. The number of hydrogen-bond donors (Lipinski definition) is 1. The molecule has 1 N–H and O–H groups in total. The van der Waals surface area contributed by atoms with Crippen LogP contribution in [0.2, 0.25) is 0 Å². The van der Waals surface area contributed by atoms with Crippen molar-refractivity contribution < 1.29 is 19.0 Å². The summed E-state index contributed by atoms with van der Waals surface area (Å²) in [6.45, 7) is 6.11. The molecule has 0 unspecified atom stereocenters. The first-order valence-electron chi connectivity index (χ1n) is 7.18. The number of aliphatic hydroxyl groups excluding tert-OH is 1. The van der Waals surface area contributed by atoms with E-state index in [1.54, 1.807) is 31.1 Å². The fourth-order valence-electron chi connectivity index (χ4n) is 1.81. The van der Waals surface area contributed by atoms with Crippen LogP contribution in [0.1, 0.15) is 26.3 Å². The normalized spacial score (nSPS) is 11.2. The molecule has 0 saturated heterocycles. The van der Waals surface area contributed by atoms with Crippen molar-refractivity contribution in [2.24, 2.45) is 0 Å². The lowest BCUT2D eigenvalue weighted by Crippen LogP contribution is -2.38. The van der Waals surface area contributed by atoms with Crippen molar-refractivity contribution in [3.05, 3.63) is 29.6 Å². The number of rotatable bonds is 5. The van der Waals surface area contributed by atoms with Crippen LogP contribution in [-0.2, 0) is 11.3 Å². The van der Waals surface area contributed by atoms with E-state index < -0.39 is 17.5 Å². The Morgan fingerprint density at radius 1 is 1.27 bits per heavy atom. The number of likely N-dealkylation sites (N-methyl/N-ethyl adjacent to an activating group) is 2. The number of hydrogen-bond acceptors (Lipinski definition) is 4. The molecule has 0 radical (unpaired) electrons. The van der Waals surface area contributed by atoms with Gasteiger partial charge in [0.15, 0.2) is 0 Å². The average molecular weight is 312 g/mol. The summed E-state index contributed by atoms with van der Waals surface area (Å²) in [7, 11) is 3.40. The van der Waals surface area contributed by atoms with Gasteiger partial charge >= 0.3 is 6.09 Å². The zero-order valence-corrected chi connectivity index (χ0v) is 13.9. The Hall–Kier alpha value is -1.82. The van der Waals surface area contributed by atoms with Crippen molar-refractivity contribution in [1.82, 2.24) is 4.90 Å². The van der Waals surface area contributed by atoms with E-state index in [2.05, 4.69) is 0 Å². The van der Waals surface area contributed by atoms with Gasteiger partial charge in [-0.05, 0) is 38.5 Å². The number of anilines is 1. The summed E-state index contributed by atoms with van der Waals surface area (Å²) >= 11 is 0. The van der Waals surface area contributed by atoms with E-state index in [1.807, 2.05) is 20.8 Å². The molecular weight excluding hydrogens is 287 g/mol. The number of carbonyl (C=O) groups excluding carboxylic acids is 1. The van der Waals surface area contributed by atoms with E-state index in [-0.39, 0.29) is 6.61 Å². The molecule has 1 aromatic carbocycles. The van der Waals surface area contributed by atoms with Crippen molar-refractivity contribution in [3.8, 4) is 0 Å². The van der Waals surface area contributed by atoms with Crippen molar-refractivity contribution in [2.45, 2.75) is 33.0 Å². The highest BCUT2D eigenvalue weighted by Gasteiger charge is 2.19. The van der Waals surface area contributed by atoms with Gasteiger partial charge in [-0.25, -0.2) is 9.18 Å². The monoisotopic (exact) mass is 312 g/mol. The highest BCUT2D eigenvalue weighted by atomic mass is 19.1. The van der Waals surface area contributed by atoms with Gasteiger partial charge in [-0.3, -0.25) is 0 Å². The van der Waals surface area contributed by atoms with Crippen LogP contribution < -0.4 is 4.90 Å². The Labute approximate surface area is 131 Å². The van der Waals surface area contributed by atoms with Crippen LogP contribution in [0.3, 0.4) is 0 Å². The maximum atomic E-state index is 13.9. The summed E-state index contributed by atoms with van der Waals surface area (Å²) in [6, 6.07) is 4.60. The molecule has 0 aromatic heterocycles. The van der Waals surface area contributed by atoms with Gasteiger partial charge in [0.25, 0.3) is 0 Å². The second kappa shape index (κ2) is 7.45. The van der Waals surface area contributed by atoms with Gasteiger partial charge < -0.3 is 19.6 Å². The smallest absolute Gasteiger partial charge is 0.410 e. The fourth-order valence-corrected chi connectivity index (χ4v) is 1.81. The first-order valence-corrected chi connectivity index (χ1v) is 7.18. The summed E-state index contributed by atoms with van der Waals surface area (Å²) in [5, 5.41) is 8.98. The van der Waals surface area contributed by atoms with Gasteiger partial charge in [-0.15, -0.1) is 0 Å². The Balaban J connectivity index is 2.59. The number of benzene rings is 1. The summed E-state index contributed by atoms with van der Waals surface area (Å²) in [6.07, 6.45) is -0.406. The maximum Gasteiger partial charge on any atom is 0.410 e. The molecule has 6 heteroatoms. The third-order valence-corrected chi connectivity index (χ3v) is 3.08. The van der Waals surface area contributed by atoms with E-state index in [1.165, 1.54) is 11.0 Å². The van der Waals surface area contributed by atoms with Crippen LogP contribution in [0.5, 0.6) is 0 Å². The minimum Gasteiger partial charge on any atom is -0.444 e. The second-order valence-corrected chi connectivity index (χ2v) is 6.27. The molecule has 0 aliphatic heterocycles. The Morgan fingerprint density at radius 3 is 2.41 bits per heavy atom. The van der Waals surface area contributed by atoms with Crippen molar-refractivity contribution in [2.75, 3.05) is 32.1 Å². The number of ether oxygens (including phenoxy) is 1. The topological polar surface area (TPSA) is 53.0 Å². The van der Waals surface area contributed by atoms with Gasteiger partial charge in [-0.1, -0.05) is 6.07 Å². The third-order valence-electron chi connectivity index (χ3n) is 3.08. The van der Waals surface area contributed by atoms with Crippen molar-refractivity contribution in [3.63, 3.8) is 0 Å². The average Bonchev–Trinajstić information content (AvgIpc) is 2.42. The number of aliphatic hydroxyl groups is 1. The molecule has 0 aliphatic rings. The lowest BCUT2D eigenvalue weighted by atomic mass is 10.2. The SMILES string of the molecule is CN(CCN(C)c1ccc(CO)cc1F)C(=O)OC(C)(C)C. The molecule has 1 aromatic rings. The molecule has 5 nitrogen and oxygen atoms in total. The number of nitrogens with zero attached hydrogens (tertiary/aromatic N) is 2. The molecule has 0 fully saturated rings. The summed E-state index contributed by atoms with van der Waals surface area (Å²) < 4.78 is 19.2. The highest BCUT2D eigenvalue weighted by molar-refractivity contribution is 5.67. The molecule has 0 aliphatic carbocycles. The predicted octanol–water partition coefficient (Wildman–Crippen LogP) is 2.62. The molecule has 0 spiro atoms. The van der Waals surface area contributed by atoms with Crippen LogP contribution >= 0.6 is 0 Å². The number of amides is 1. The Kier molecular flexibility index (Phi) is 6.17. The van der Waals surface area contributed by atoms with Crippen LogP contribution in [0.15, 0.2) is 18.2 Å². The lowest BCUT2D eigenvalue weighted by Gasteiger charge is -2.27. The van der Waals surface area contributed by atoms with E-state index in [0.717, 1.165) is 0 Å². The summed E-state index contributed by atoms with van der Waals surface area (Å²) in [5.41, 5.74) is 0.416. The van der Waals surface area contributed by atoms with E-state index >= 15 is 0 Å². The largest absolute Gasteiger partial charge is 0.444 e. The van der Waals surface area contributed by atoms with E-state index in [9.17, 15) is 9.18 Å². The first-order chi connectivity index (χ1) is 10.1. The van der Waals surface area contributed by atoms with Crippen molar-refractivity contribution >= 4 is 11.8 Å². The van der Waals surface area contributed by atoms with Crippen LogP contribution in [-0.4, -0.2) is 48.9 Å². The summed E-state index contributed by atoms with van der Waals surface area (Å²) in [4.78, 5) is 15.0. The van der Waals surface area contributed by atoms with E-state index in [0.29, 0.717) is 24.3 Å². The highest BCUT2D eigenvalue weighted by Crippen LogP contribution is 2.19. The quantitative estimate of drug-likeness (QED) is 0.908. The zero-order valence-electron chi connectivity index (χ0n) is 13.9. The van der Waals surface area contributed by atoms with Gasteiger partial charge in [0.1, 0.15) is 11.4 Å². The molecular formula is C16H25FN2O3. The molecule has 124 valence electrons. The molecule has 22 heavy (non-hydrogen) atoms. The van der Waals surface area contributed by atoms with Crippen LogP contribution in [0.25, 0.3) is 0 Å². The number of carbonyl (C=O) groups is 1. The molecule has 0 heterocycles. The minimum atomic E-state index is -0.538. The molecule has 1 rings (SSSR count). The molecule has 0 atom stereocenters. The summed E-state index contributed by atoms with van der Waals surface area (Å²) in [5.74, 6) is -0.394. The second-order valence-electron chi connectivity index (χ2n) is 6.27. The van der Waals surface area contributed by atoms with Gasteiger partial charge in [0.2, 0.25) is 0 Å². The lowest BCUT2D eigenvalue weighted by molar-refractivity contribution is 0.0303. The molecule has 1 amide bonds. The Bertz CT molecular complexity index is 515. The minimum absolute atomic E-state index is 0.192. The predicted molar refractivity (Wildman–Crippen MR) is 84.5 cm³/mol. The fraction of sp³-hybridized carbons (Fsp3) is 0.562. The molecule has 0 saturated carbocycles. The maximum absolute atomic E-state index is 13.9. The third kappa shape index (κ3) is 5.52. The van der Waals surface area contributed by atoms with Crippen LogP contribution in [0, 0.1) is 5.82 Å². The van der Waals surface area contributed by atoms with Gasteiger partial charge in [0, 0.05) is 27.2 Å². The van der Waals surface area contributed by atoms with E-state index in [4.69, 9.17) is 9.84 Å². The van der Waals surface area contributed by atoms with Gasteiger partial charge in [-0.2, -0.15) is 0 Å². The van der Waals surface area contributed by atoms with Gasteiger partial charge in [0.05, 0.1) is 12.3 Å². The van der Waals surface area contributed by atoms with Crippen molar-refractivity contribution in [1.29, 1.82) is 0 Å². The standard InChI is InChI=1S/C16H25FN2O3/c1-16(2,3)22-15(21)19(5)9-8-18(4)14-7-6-12(11-20)10-13(14)17/h6-7,10,20H,8-9,11H2,1-5H3. The van der Waals surface area contributed by atoms with Crippen LogP contribution in [0.4, 0.5) is 14.9 Å². The zero-order chi connectivity index (χ0) is 16.9.